The van der Waals surface area contributed by atoms with E-state index >= 15 is 0 Å². The van der Waals surface area contributed by atoms with Crippen LogP contribution in [0.25, 0.3) is 0 Å². The van der Waals surface area contributed by atoms with Crippen molar-refractivity contribution in [2.75, 3.05) is 37.1 Å². The van der Waals surface area contributed by atoms with Crippen LogP contribution in [0.15, 0.2) is 48.8 Å². The molecule has 146 valence electrons. The monoisotopic (exact) mass is 379 g/mol. The number of aromatic nitrogens is 2. The summed E-state index contributed by atoms with van der Waals surface area (Å²) in [7, 11) is 3.25. The summed E-state index contributed by atoms with van der Waals surface area (Å²) in [4.78, 5) is 8.50. The molecule has 0 saturated carbocycles. The average Bonchev–Trinajstić information content (AvgIpc) is 2.72. The van der Waals surface area contributed by atoms with Crippen LogP contribution in [0.4, 0.5) is 23.0 Å². The molecule has 1 aromatic heterocycles. The van der Waals surface area contributed by atoms with Gasteiger partial charge in [0.2, 0.25) is 0 Å². The molecule has 7 heteroatoms. The maximum Gasteiger partial charge on any atom is 0.160 e. The highest BCUT2D eigenvalue weighted by atomic mass is 16.5. The van der Waals surface area contributed by atoms with Gasteiger partial charge in [0.05, 0.1) is 14.2 Å². The minimum Gasteiger partial charge on any atom is -0.493 e. The lowest BCUT2D eigenvalue weighted by Crippen LogP contribution is -2.10. The molecule has 3 rings (SSSR count). The van der Waals surface area contributed by atoms with Gasteiger partial charge in [-0.1, -0.05) is 23.8 Å². The first-order valence-corrected chi connectivity index (χ1v) is 8.99. The number of ether oxygens (including phenoxy) is 2. The Morgan fingerprint density at radius 2 is 1.64 bits per heavy atom. The number of hydrogen-bond donors (Lipinski definition) is 3. The molecule has 0 saturated heterocycles. The van der Waals surface area contributed by atoms with Crippen LogP contribution in [0, 0.1) is 6.92 Å². The molecular formula is C21H25N5O2. The molecule has 28 heavy (non-hydrogen) atoms. The van der Waals surface area contributed by atoms with Gasteiger partial charge in [0.1, 0.15) is 12.0 Å². The van der Waals surface area contributed by atoms with Gasteiger partial charge in [-0.05, 0) is 43.2 Å². The molecule has 3 aromatic rings. The van der Waals surface area contributed by atoms with E-state index in [0.717, 1.165) is 17.7 Å². The molecule has 7 nitrogen and oxygen atoms in total. The van der Waals surface area contributed by atoms with Crippen molar-refractivity contribution in [3.8, 4) is 11.5 Å². The lowest BCUT2D eigenvalue weighted by molar-refractivity contribution is 0.354. The molecule has 0 fully saturated rings. The van der Waals surface area contributed by atoms with E-state index in [1.54, 1.807) is 14.2 Å². The van der Waals surface area contributed by atoms with E-state index in [1.165, 1.54) is 11.9 Å². The second-order valence-corrected chi connectivity index (χ2v) is 6.34. The molecule has 1 heterocycles. The molecule has 0 radical (unpaired) electrons. The Labute approximate surface area is 164 Å². The van der Waals surface area contributed by atoms with E-state index in [0.29, 0.717) is 35.4 Å². The lowest BCUT2D eigenvalue weighted by Gasteiger charge is -2.13. The fraction of sp³-hybridized carbons (Fsp3) is 0.238. The van der Waals surface area contributed by atoms with E-state index < -0.39 is 0 Å². The molecule has 0 bridgehead atoms. The molecule has 0 amide bonds. The normalized spacial score (nSPS) is 10.4. The molecule has 0 unspecified atom stereocenters. The summed E-state index contributed by atoms with van der Waals surface area (Å²) in [5, 5.41) is 6.50. The third-order valence-corrected chi connectivity index (χ3v) is 4.35. The van der Waals surface area contributed by atoms with Crippen LogP contribution in [0.2, 0.25) is 0 Å². The van der Waals surface area contributed by atoms with Crippen molar-refractivity contribution >= 4 is 23.0 Å². The van der Waals surface area contributed by atoms with Gasteiger partial charge in [0.15, 0.2) is 23.1 Å². The van der Waals surface area contributed by atoms with Gasteiger partial charge >= 0.3 is 0 Å². The zero-order valence-electron chi connectivity index (χ0n) is 16.3. The Bertz CT molecular complexity index is 929. The van der Waals surface area contributed by atoms with Gasteiger partial charge < -0.3 is 25.8 Å². The standard InChI is InChI=1S/C21H25N5O2/c1-14-4-7-16(8-5-14)26-21-19(22)20(24-13-25-21)23-11-10-15-6-9-17(27-2)18(12-15)28-3/h4-9,12-13H,10-11,22H2,1-3H3,(H2,23,24,25,26). The number of hydrogen-bond acceptors (Lipinski definition) is 7. The zero-order valence-corrected chi connectivity index (χ0v) is 16.3. The third kappa shape index (κ3) is 4.62. The second kappa shape index (κ2) is 8.94. The van der Waals surface area contributed by atoms with Crippen molar-refractivity contribution in [1.82, 2.24) is 9.97 Å². The average molecular weight is 379 g/mol. The number of nitrogens with one attached hydrogen (secondary N) is 2. The van der Waals surface area contributed by atoms with Crippen LogP contribution in [-0.2, 0) is 6.42 Å². The largest absolute Gasteiger partial charge is 0.493 e. The second-order valence-electron chi connectivity index (χ2n) is 6.34. The number of nitrogens with zero attached hydrogens (tertiary/aromatic N) is 2. The first-order valence-electron chi connectivity index (χ1n) is 8.99. The van der Waals surface area contributed by atoms with Crippen LogP contribution < -0.4 is 25.8 Å². The molecular weight excluding hydrogens is 354 g/mol. The van der Waals surface area contributed by atoms with E-state index in [9.17, 15) is 0 Å². The highest BCUT2D eigenvalue weighted by molar-refractivity contribution is 5.77. The van der Waals surface area contributed by atoms with Gasteiger partial charge in [-0.2, -0.15) is 0 Å². The number of aryl methyl sites for hydroxylation is 1. The quantitative estimate of drug-likeness (QED) is 0.548. The number of nitrogen functional groups attached to an aromatic ring is 1. The summed E-state index contributed by atoms with van der Waals surface area (Å²) >= 11 is 0. The maximum absolute atomic E-state index is 6.24. The van der Waals surface area contributed by atoms with Crippen LogP contribution in [0.3, 0.4) is 0 Å². The van der Waals surface area contributed by atoms with Crippen molar-refractivity contribution in [1.29, 1.82) is 0 Å². The van der Waals surface area contributed by atoms with Crippen molar-refractivity contribution in [3.05, 3.63) is 59.9 Å². The third-order valence-electron chi connectivity index (χ3n) is 4.35. The van der Waals surface area contributed by atoms with Crippen LogP contribution in [-0.4, -0.2) is 30.7 Å². The zero-order chi connectivity index (χ0) is 19.9. The highest BCUT2D eigenvalue weighted by Gasteiger charge is 2.09. The van der Waals surface area contributed by atoms with Gasteiger partial charge in [0.25, 0.3) is 0 Å². The Hall–Kier alpha value is -3.48. The van der Waals surface area contributed by atoms with Gasteiger partial charge in [-0.3, -0.25) is 0 Å². The van der Waals surface area contributed by atoms with E-state index in [-0.39, 0.29) is 0 Å². The van der Waals surface area contributed by atoms with Gasteiger partial charge in [-0.25, -0.2) is 9.97 Å². The summed E-state index contributed by atoms with van der Waals surface area (Å²) < 4.78 is 10.6. The number of methoxy groups -OCH3 is 2. The van der Waals surface area contributed by atoms with Gasteiger partial charge in [0, 0.05) is 12.2 Å². The van der Waals surface area contributed by atoms with Crippen LogP contribution >= 0.6 is 0 Å². The predicted molar refractivity (Wildman–Crippen MR) is 113 cm³/mol. The minimum atomic E-state index is 0.482. The Morgan fingerprint density at radius 1 is 0.929 bits per heavy atom. The van der Waals surface area contributed by atoms with Gasteiger partial charge in [-0.15, -0.1) is 0 Å². The molecule has 2 aromatic carbocycles. The first kappa shape index (κ1) is 19.3. The number of benzene rings is 2. The fourth-order valence-corrected chi connectivity index (χ4v) is 2.77. The highest BCUT2D eigenvalue weighted by Crippen LogP contribution is 2.28. The van der Waals surface area contributed by atoms with Crippen molar-refractivity contribution in [3.63, 3.8) is 0 Å². The van der Waals surface area contributed by atoms with E-state index in [4.69, 9.17) is 15.2 Å². The number of rotatable bonds is 8. The Balaban J connectivity index is 1.64. The summed E-state index contributed by atoms with van der Waals surface area (Å²) in [6.45, 7) is 2.71. The smallest absolute Gasteiger partial charge is 0.160 e. The van der Waals surface area contributed by atoms with Crippen molar-refractivity contribution in [2.24, 2.45) is 0 Å². The van der Waals surface area contributed by atoms with Crippen LogP contribution in [0.5, 0.6) is 11.5 Å². The van der Waals surface area contributed by atoms with Crippen molar-refractivity contribution in [2.45, 2.75) is 13.3 Å². The number of anilines is 4. The van der Waals surface area contributed by atoms with E-state index in [2.05, 4.69) is 20.6 Å². The number of nitrogens with two attached hydrogens (primary N) is 1. The maximum atomic E-state index is 6.24. The fourth-order valence-electron chi connectivity index (χ4n) is 2.77. The molecule has 0 spiro atoms. The topological polar surface area (TPSA) is 94.3 Å². The summed E-state index contributed by atoms with van der Waals surface area (Å²) in [6, 6.07) is 13.9. The summed E-state index contributed by atoms with van der Waals surface area (Å²) in [5.41, 5.74) is 9.96. The SMILES string of the molecule is COc1ccc(CCNc2ncnc(Nc3ccc(C)cc3)c2N)cc1OC. The predicted octanol–water partition coefficient (Wildman–Crippen LogP) is 3.78. The summed E-state index contributed by atoms with van der Waals surface area (Å²) in [6.07, 6.45) is 2.27. The molecule has 0 atom stereocenters. The molecule has 0 aliphatic rings. The molecule has 4 N–H and O–H groups in total. The lowest BCUT2D eigenvalue weighted by atomic mass is 10.1. The van der Waals surface area contributed by atoms with E-state index in [1.807, 2.05) is 49.4 Å². The molecule has 0 aliphatic heterocycles. The van der Waals surface area contributed by atoms with Crippen molar-refractivity contribution < 1.29 is 9.47 Å². The Morgan fingerprint density at radius 3 is 2.36 bits per heavy atom. The minimum absolute atomic E-state index is 0.482. The Kier molecular flexibility index (Phi) is 6.16. The summed E-state index contributed by atoms with van der Waals surface area (Å²) in [5.74, 6) is 2.61. The van der Waals surface area contributed by atoms with Crippen LogP contribution in [0.1, 0.15) is 11.1 Å². The first-order chi connectivity index (χ1) is 13.6. The molecule has 0 aliphatic carbocycles.